The number of rotatable bonds is 7. The van der Waals surface area contributed by atoms with Crippen LogP contribution in [0, 0.1) is 0 Å². The number of carbonyl (C=O) groups is 1. The van der Waals surface area contributed by atoms with Gasteiger partial charge in [-0.15, -0.1) is 10.2 Å². The lowest BCUT2D eigenvalue weighted by molar-refractivity contribution is -0.182. The third-order valence-corrected chi connectivity index (χ3v) is 3.57. The van der Waals surface area contributed by atoms with Crippen LogP contribution in [0.25, 0.3) is 11.5 Å². The van der Waals surface area contributed by atoms with Crippen molar-refractivity contribution in [3.8, 4) is 11.5 Å². The zero-order chi connectivity index (χ0) is 17.5. The van der Waals surface area contributed by atoms with Gasteiger partial charge < -0.3 is 4.42 Å². The van der Waals surface area contributed by atoms with Gasteiger partial charge in [0.2, 0.25) is 17.7 Å². The van der Waals surface area contributed by atoms with Gasteiger partial charge in [-0.2, -0.15) is 0 Å². The summed E-state index contributed by atoms with van der Waals surface area (Å²) in [6, 6.07) is 13.2. The molecule has 0 spiro atoms. The monoisotopic (exact) mass is 338 g/mol. The SMILES string of the molecule is CN(OCc1ccccc1)C(=O)CCc1nnc(-c2ccncc2)o1. The van der Waals surface area contributed by atoms with E-state index in [0.29, 0.717) is 24.8 Å². The van der Waals surface area contributed by atoms with Gasteiger partial charge in [0.05, 0.1) is 0 Å². The van der Waals surface area contributed by atoms with E-state index in [1.807, 2.05) is 30.3 Å². The number of hydroxylamine groups is 2. The number of benzene rings is 1. The van der Waals surface area contributed by atoms with Crippen LogP contribution in [-0.2, 0) is 22.7 Å². The van der Waals surface area contributed by atoms with Crippen LogP contribution >= 0.6 is 0 Å². The molecule has 7 heteroatoms. The summed E-state index contributed by atoms with van der Waals surface area (Å²) >= 11 is 0. The molecular weight excluding hydrogens is 320 g/mol. The maximum Gasteiger partial charge on any atom is 0.247 e. The molecule has 0 saturated carbocycles. The van der Waals surface area contributed by atoms with Crippen molar-refractivity contribution in [2.75, 3.05) is 7.05 Å². The summed E-state index contributed by atoms with van der Waals surface area (Å²) in [5.41, 5.74) is 1.80. The Bertz CT molecular complexity index is 805. The second-order valence-corrected chi connectivity index (χ2v) is 5.39. The maximum absolute atomic E-state index is 12.1. The summed E-state index contributed by atoms with van der Waals surface area (Å²) in [7, 11) is 1.60. The van der Waals surface area contributed by atoms with Gasteiger partial charge in [-0.1, -0.05) is 30.3 Å². The number of nitrogens with zero attached hydrogens (tertiary/aromatic N) is 4. The van der Waals surface area contributed by atoms with Gasteiger partial charge in [0.25, 0.3) is 0 Å². The summed E-state index contributed by atoms with van der Waals surface area (Å²) in [6.45, 7) is 0.343. The minimum Gasteiger partial charge on any atom is -0.421 e. The molecule has 0 aliphatic carbocycles. The Labute approximate surface area is 145 Å². The minimum atomic E-state index is -0.153. The molecular formula is C18H18N4O3. The number of aryl methyl sites for hydroxylation is 1. The first kappa shape index (κ1) is 16.8. The first-order valence-corrected chi connectivity index (χ1v) is 7.88. The molecule has 2 heterocycles. The number of hydrogen-bond acceptors (Lipinski definition) is 6. The zero-order valence-corrected chi connectivity index (χ0v) is 13.8. The molecule has 3 rings (SSSR count). The summed E-state index contributed by atoms with van der Waals surface area (Å²) < 4.78 is 5.57. The molecule has 0 aliphatic heterocycles. The second-order valence-electron chi connectivity index (χ2n) is 5.39. The summed E-state index contributed by atoms with van der Waals surface area (Å²) in [5, 5.41) is 9.20. The van der Waals surface area contributed by atoms with Crippen molar-refractivity contribution in [3.63, 3.8) is 0 Å². The Hall–Kier alpha value is -3.06. The number of aromatic nitrogens is 3. The van der Waals surface area contributed by atoms with E-state index in [1.54, 1.807) is 31.6 Å². The third-order valence-electron chi connectivity index (χ3n) is 3.57. The number of hydrogen-bond donors (Lipinski definition) is 0. The minimum absolute atomic E-state index is 0.153. The van der Waals surface area contributed by atoms with E-state index in [-0.39, 0.29) is 12.3 Å². The molecule has 128 valence electrons. The van der Waals surface area contributed by atoms with Gasteiger partial charge in [-0.05, 0) is 17.7 Å². The molecule has 1 amide bonds. The van der Waals surface area contributed by atoms with Crippen molar-refractivity contribution in [2.24, 2.45) is 0 Å². The van der Waals surface area contributed by atoms with Crippen LogP contribution in [0.5, 0.6) is 0 Å². The zero-order valence-electron chi connectivity index (χ0n) is 13.8. The first-order chi connectivity index (χ1) is 12.2. The molecule has 0 atom stereocenters. The molecule has 0 saturated heterocycles. The molecule has 7 nitrogen and oxygen atoms in total. The van der Waals surface area contributed by atoms with Gasteiger partial charge in [0.1, 0.15) is 6.61 Å². The second kappa shape index (κ2) is 8.16. The fourth-order valence-corrected chi connectivity index (χ4v) is 2.15. The van der Waals surface area contributed by atoms with Gasteiger partial charge >= 0.3 is 0 Å². The molecule has 0 unspecified atom stereocenters. The van der Waals surface area contributed by atoms with Crippen molar-refractivity contribution in [1.82, 2.24) is 20.2 Å². The van der Waals surface area contributed by atoms with E-state index in [0.717, 1.165) is 11.1 Å². The number of amides is 1. The smallest absolute Gasteiger partial charge is 0.247 e. The topological polar surface area (TPSA) is 81.4 Å². The lowest BCUT2D eigenvalue weighted by atomic mass is 10.2. The standard InChI is InChI=1S/C18H18N4O3/c1-22(24-13-14-5-3-2-4-6-14)17(23)8-7-16-20-21-18(25-16)15-9-11-19-12-10-15/h2-6,9-12H,7-8,13H2,1H3. The summed E-state index contributed by atoms with van der Waals surface area (Å²) in [6.07, 6.45) is 3.89. The largest absolute Gasteiger partial charge is 0.421 e. The molecule has 3 aromatic rings. The van der Waals surface area contributed by atoms with Crippen LogP contribution in [-0.4, -0.2) is 33.2 Å². The van der Waals surface area contributed by atoms with E-state index in [2.05, 4.69) is 15.2 Å². The fourth-order valence-electron chi connectivity index (χ4n) is 2.15. The molecule has 0 N–H and O–H groups in total. The Morgan fingerprint density at radius 3 is 2.64 bits per heavy atom. The molecule has 0 bridgehead atoms. The highest BCUT2D eigenvalue weighted by Crippen LogP contribution is 2.17. The number of carbonyl (C=O) groups excluding carboxylic acids is 1. The van der Waals surface area contributed by atoms with Crippen LogP contribution in [0.4, 0.5) is 0 Å². The Morgan fingerprint density at radius 1 is 1.12 bits per heavy atom. The molecule has 1 aromatic carbocycles. The van der Waals surface area contributed by atoms with Crippen molar-refractivity contribution in [1.29, 1.82) is 0 Å². The first-order valence-electron chi connectivity index (χ1n) is 7.88. The predicted molar refractivity (Wildman–Crippen MR) is 89.9 cm³/mol. The van der Waals surface area contributed by atoms with Gasteiger partial charge in [0.15, 0.2) is 0 Å². The highest BCUT2D eigenvalue weighted by atomic mass is 16.7. The Balaban J connectivity index is 1.48. The van der Waals surface area contributed by atoms with Gasteiger partial charge in [-0.25, -0.2) is 5.06 Å². The lowest BCUT2D eigenvalue weighted by Crippen LogP contribution is -2.27. The molecule has 0 aliphatic rings. The predicted octanol–water partition coefficient (Wildman–Crippen LogP) is 2.65. The van der Waals surface area contributed by atoms with E-state index < -0.39 is 0 Å². The van der Waals surface area contributed by atoms with Crippen LogP contribution in [0.1, 0.15) is 17.9 Å². The van der Waals surface area contributed by atoms with Crippen LogP contribution in [0.15, 0.2) is 59.3 Å². The van der Waals surface area contributed by atoms with Crippen molar-refractivity contribution in [3.05, 3.63) is 66.3 Å². The maximum atomic E-state index is 12.1. The summed E-state index contributed by atoms with van der Waals surface area (Å²) in [4.78, 5) is 21.5. The van der Waals surface area contributed by atoms with E-state index in [9.17, 15) is 4.79 Å². The van der Waals surface area contributed by atoms with E-state index >= 15 is 0 Å². The Kier molecular flexibility index (Phi) is 5.48. The normalized spacial score (nSPS) is 10.6. The van der Waals surface area contributed by atoms with Crippen molar-refractivity contribution < 1.29 is 14.0 Å². The average Bonchev–Trinajstić information content (AvgIpc) is 3.15. The van der Waals surface area contributed by atoms with Crippen molar-refractivity contribution >= 4 is 5.91 Å². The quantitative estimate of drug-likeness (QED) is 0.616. The molecule has 0 radical (unpaired) electrons. The van der Waals surface area contributed by atoms with Crippen LogP contribution < -0.4 is 0 Å². The van der Waals surface area contributed by atoms with Gasteiger partial charge in [0, 0.05) is 37.8 Å². The van der Waals surface area contributed by atoms with E-state index in [4.69, 9.17) is 9.25 Å². The molecule has 0 fully saturated rings. The Morgan fingerprint density at radius 2 is 1.88 bits per heavy atom. The summed E-state index contributed by atoms with van der Waals surface area (Å²) in [5.74, 6) is 0.676. The lowest BCUT2D eigenvalue weighted by Gasteiger charge is -2.16. The highest BCUT2D eigenvalue weighted by molar-refractivity contribution is 5.74. The fraction of sp³-hybridized carbons (Fsp3) is 0.222. The molecule has 25 heavy (non-hydrogen) atoms. The molecule has 2 aromatic heterocycles. The van der Waals surface area contributed by atoms with Crippen LogP contribution in [0.2, 0.25) is 0 Å². The van der Waals surface area contributed by atoms with E-state index in [1.165, 1.54) is 5.06 Å². The van der Waals surface area contributed by atoms with Crippen molar-refractivity contribution in [2.45, 2.75) is 19.4 Å². The third kappa shape index (κ3) is 4.71. The number of pyridine rings is 1. The highest BCUT2D eigenvalue weighted by Gasteiger charge is 2.13. The average molecular weight is 338 g/mol. The van der Waals surface area contributed by atoms with Gasteiger partial charge in [-0.3, -0.25) is 14.6 Å². The van der Waals surface area contributed by atoms with Crippen LogP contribution in [0.3, 0.4) is 0 Å².